The van der Waals surface area contributed by atoms with E-state index in [1.807, 2.05) is 42.5 Å². The van der Waals surface area contributed by atoms with E-state index < -0.39 is 0 Å². The molecule has 0 aliphatic rings. The van der Waals surface area contributed by atoms with E-state index in [2.05, 4.69) is 69.4 Å². The molecule has 0 aliphatic heterocycles. The summed E-state index contributed by atoms with van der Waals surface area (Å²) in [4.78, 5) is 4.74. The third kappa shape index (κ3) is 4.96. The smallest absolute Gasteiger partial charge is 0.196 e. The Kier molecular flexibility index (Phi) is 6.67. The largest absolute Gasteiger partial charge is 0.273 e. The van der Waals surface area contributed by atoms with E-state index in [0.29, 0.717) is 5.75 Å². The van der Waals surface area contributed by atoms with Gasteiger partial charge in [-0.25, -0.2) is 4.98 Å². The lowest BCUT2D eigenvalue weighted by Gasteiger charge is -2.09. The molecule has 7 heteroatoms. The van der Waals surface area contributed by atoms with Crippen molar-refractivity contribution in [1.29, 1.82) is 0 Å². The van der Waals surface area contributed by atoms with Crippen LogP contribution in [0, 0.1) is 0 Å². The van der Waals surface area contributed by atoms with Crippen LogP contribution < -0.4 is 0 Å². The molecule has 0 radical (unpaired) electrons. The van der Waals surface area contributed by atoms with Gasteiger partial charge in [-0.1, -0.05) is 96.3 Å². The zero-order valence-corrected chi connectivity index (χ0v) is 19.6. The van der Waals surface area contributed by atoms with Gasteiger partial charge in [0.1, 0.15) is 5.82 Å². The quantitative estimate of drug-likeness (QED) is 0.228. The van der Waals surface area contributed by atoms with E-state index >= 15 is 0 Å². The minimum atomic E-state index is 0.710. The number of nitrogens with zero attached hydrogens (tertiary/aromatic N) is 4. The van der Waals surface area contributed by atoms with Gasteiger partial charge in [0.05, 0.1) is 16.0 Å². The molecule has 3 aromatic carbocycles. The van der Waals surface area contributed by atoms with Gasteiger partial charge < -0.3 is 0 Å². The molecule has 0 atom stereocenters. The van der Waals surface area contributed by atoms with Gasteiger partial charge in [0.25, 0.3) is 0 Å². The van der Waals surface area contributed by atoms with Gasteiger partial charge in [-0.2, -0.15) is 0 Å². The van der Waals surface area contributed by atoms with Crippen LogP contribution in [0.2, 0.25) is 0 Å². The summed E-state index contributed by atoms with van der Waals surface area (Å²) in [7, 11) is 0. The minimum absolute atomic E-state index is 0.710. The average molecular weight is 473 g/mol. The van der Waals surface area contributed by atoms with Gasteiger partial charge in [-0.05, 0) is 29.8 Å². The number of para-hydroxylation sites is 2. The molecule has 0 amide bonds. The molecule has 0 N–H and O–H groups in total. The second kappa shape index (κ2) is 10.2. The van der Waals surface area contributed by atoms with E-state index in [1.165, 1.54) is 10.3 Å². The molecule has 0 fully saturated rings. The molecule has 0 aliphatic carbocycles. The Morgan fingerprint density at radius 2 is 1.56 bits per heavy atom. The molecule has 32 heavy (non-hydrogen) atoms. The van der Waals surface area contributed by atoms with Crippen molar-refractivity contribution in [2.75, 3.05) is 5.75 Å². The van der Waals surface area contributed by atoms with Crippen molar-refractivity contribution >= 4 is 51.2 Å². The van der Waals surface area contributed by atoms with E-state index in [9.17, 15) is 0 Å². The van der Waals surface area contributed by atoms with Crippen LogP contribution in [-0.4, -0.2) is 25.5 Å². The second-order valence-electron chi connectivity index (χ2n) is 6.93. The first-order valence-electron chi connectivity index (χ1n) is 10.2. The van der Waals surface area contributed by atoms with Crippen LogP contribution in [0.4, 0.5) is 0 Å². The molecule has 4 nitrogen and oxygen atoms in total. The summed E-state index contributed by atoms with van der Waals surface area (Å²) in [5.74, 6) is 2.46. The third-order valence-electron chi connectivity index (χ3n) is 4.73. The fraction of sp³-hybridized carbons (Fsp3) is 0.0800. The van der Waals surface area contributed by atoms with Gasteiger partial charge in [0, 0.05) is 11.4 Å². The number of thioether (sulfide) groups is 2. The van der Waals surface area contributed by atoms with Crippen molar-refractivity contribution in [1.82, 2.24) is 19.7 Å². The van der Waals surface area contributed by atoms with Crippen molar-refractivity contribution < 1.29 is 0 Å². The molecule has 2 aromatic heterocycles. The molecular formula is C25H20N4S3. The number of thiazole rings is 1. The van der Waals surface area contributed by atoms with Crippen molar-refractivity contribution in [3.8, 4) is 5.69 Å². The highest BCUT2D eigenvalue weighted by Gasteiger charge is 2.15. The van der Waals surface area contributed by atoms with Crippen LogP contribution >= 0.6 is 34.9 Å². The van der Waals surface area contributed by atoms with Gasteiger partial charge in [0.2, 0.25) is 0 Å². The number of hydrogen-bond donors (Lipinski definition) is 0. The van der Waals surface area contributed by atoms with E-state index in [4.69, 9.17) is 4.98 Å². The molecule has 158 valence electrons. The number of fused-ring (bicyclic) bond motifs is 1. The van der Waals surface area contributed by atoms with Crippen molar-refractivity contribution in [3.63, 3.8) is 0 Å². The normalized spacial score (nSPS) is 11.5. The first-order valence-corrected chi connectivity index (χ1v) is 13.0. The summed E-state index contributed by atoms with van der Waals surface area (Å²) in [5.41, 5.74) is 3.32. The van der Waals surface area contributed by atoms with Crippen LogP contribution in [0.5, 0.6) is 0 Å². The minimum Gasteiger partial charge on any atom is -0.273 e. The fourth-order valence-electron chi connectivity index (χ4n) is 3.23. The summed E-state index contributed by atoms with van der Waals surface area (Å²) in [6.45, 7) is 0. The van der Waals surface area contributed by atoms with Gasteiger partial charge >= 0.3 is 0 Å². The molecule has 0 spiro atoms. The molecule has 5 rings (SSSR count). The topological polar surface area (TPSA) is 43.6 Å². The maximum absolute atomic E-state index is 4.74. The molecule has 2 heterocycles. The lowest BCUT2D eigenvalue weighted by atomic mass is 10.2. The fourth-order valence-corrected chi connectivity index (χ4v) is 5.99. The van der Waals surface area contributed by atoms with Crippen LogP contribution in [0.3, 0.4) is 0 Å². The number of hydrogen-bond acceptors (Lipinski definition) is 6. The van der Waals surface area contributed by atoms with Crippen LogP contribution in [0.1, 0.15) is 11.4 Å². The highest BCUT2D eigenvalue weighted by molar-refractivity contribution is 8.00. The Balaban J connectivity index is 1.34. The molecule has 0 unspecified atom stereocenters. The van der Waals surface area contributed by atoms with Gasteiger partial charge in [0.15, 0.2) is 9.50 Å². The first-order chi connectivity index (χ1) is 15.9. The monoisotopic (exact) mass is 472 g/mol. The standard InChI is InChI=1S/C25H20N4S3/c1-3-10-19(11-4-1)12-9-17-30-24-28-27-23(29(24)20-13-5-2-6-14-20)18-31-25-26-21-15-7-8-16-22(21)32-25/h1-16H,17-18H2/b12-9+. The Hall–Kier alpha value is -2.87. The number of benzene rings is 3. The molecule has 0 saturated heterocycles. The van der Waals surface area contributed by atoms with Crippen molar-refractivity contribution in [2.24, 2.45) is 0 Å². The molecular weight excluding hydrogens is 453 g/mol. The third-order valence-corrected chi connectivity index (χ3v) is 7.79. The Labute approximate surface area is 199 Å². The number of rotatable bonds is 8. The van der Waals surface area contributed by atoms with Crippen molar-refractivity contribution in [3.05, 3.63) is 102 Å². The summed E-state index contributed by atoms with van der Waals surface area (Å²) in [6, 6.07) is 28.9. The van der Waals surface area contributed by atoms with Crippen molar-refractivity contribution in [2.45, 2.75) is 15.2 Å². The SMILES string of the molecule is C(=C\c1ccccc1)/CSc1nnc(CSc2nc3ccccc3s2)n1-c1ccccc1. The molecule has 0 bridgehead atoms. The zero-order valence-electron chi connectivity index (χ0n) is 17.2. The highest BCUT2D eigenvalue weighted by atomic mass is 32.2. The number of aromatic nitrogens is 4. The van der Waals surface area contributed by atoms with E-state index in [0.717, 1.165) is 32.3 Å². The maximum atomic E-state index is 4.74. The Bertz CT molecular complexity index is 1290. The maximum Gasteiger partial charge on any atom is 0.196 e. The molecule has 5 aromatic rings. The lowest BCUT2D eigenvalue weighted by Crippen LogP contribution is -2.01. The predicted octanol–water partition coefficient (Wildman–Crippen LogP) is 6.97. The highest BCUT2D eigenvalue weighted by Crippen LogP contribution is 2.32. The predicted molar refractivity (Wildman–Crippen MR) is 137 cm³/mol. The average Bonchev–Trinajstić information content (AvgIpc) is 3.45. The second-order valence-corrected chi connectivity index (χ2v) is 10.2. The summed E-state index contributed by atoms with van der Waals surface area (Å²) < 4.78 is 4.41. The first kappa shape index (κ1) is 21.0. The lowest BCUT2D eigenvalue weighted by molar-refractivity contribution is 0.866. The van der Waals surface area contributed by atoms with Gasteiger partial charge in [-0.15, -0.1) is 21.5 Å². The van der Waals surface area contributed by atoms with Gasteiger partial charge in [-0.3, -0.25) is 4.57 Å². The Morgan fingerprint density at radius 1 is 0.812 bits per heavy atom. The van der Waals surface area contributed by atoms with E-state index in [1.54, 1.807) is 34.9 Å². The van der Waals surface area contributed by atoms with E-state index in [-0.39, 0.29) is 0 Å². The van der Waals surface area contributed by atoms with Crippen LogP contribution in [0.25, 0.3) is 22.0 Å². The zero-order chi connectivity index (χ0) is 21.6. The molecule has 0 saturated carbocycles. The summed E-state index contributed by atoms with van der Waals surface area (Å²) >= 11 is 5.12. The van der Waals surface area contributed by atoms with Crippen LogP contribution in [0.15, 0.2) is 101 Å². The summed E-state index contributed by atoms with van der Waals surface area (Å²) in [6.07, 6.45) is 4.31. The van der Waals surface area contributed by atoms with Crippen LogP contribution in [-0.2, 0) is 5.75 Å². The Morgan fingerprint density at radius 3 is 2.38 bits per heavy atom. The summed E-state index contributed by atoms with van der Waals surface area (Å²) in [5, 5.41) is 9.92.